The molecule has 13 heavy (non-hydrogen) atoms. The van der Waals surface area contributed by atoms with E-state index < -0.39 is 11.2 Å². The third kappa shape index (κ3) is 1.26. The van der Waals surface area contributed by atoms with Crippen LogP contribution in [0.1, 0.15) is 12.6 Å². The minimum atomic E-state index is -0.639. The zero-order valence-corrected chi connectivity index (χ0v) is 7.87. The third-order valence-corrected chi connectivity index (χ3v) is 2.09. The van der Waals surface area contributed by atoms with E-state index in [0.29, 0.717) is 12.1 Å². The Hall–Kier alpha value is -1.52. The largest absolute Gasteiger partial charge is 0.502 e. The second-order valence-electron chi connectivity index (χ2n) is 2.85. The molecule has 0 unspecified atom stereocenters. The summed E-state index contributed by atoms with van der Waals surface area (Å²) < 4.78 is 2.16. The van der Waals surface area contributed by atoms with Gasteiger partial charge in [-0.15, -0.1) is 0 Å². The van der Waals surface area contributed by atoms with Gasteiger partial charge < -0.3 is 5.11 Å². The summed E-state index contributed by atoms with van der Waals surface area (Å²) >= 11 is 0. The van der Waals surface area contributed by atoms with Gasteiger partial charge in [0.2, 0.25) is 5.75 Å². The van der Waals surface area contributed by atoms with E-state index >= 15 is 0 Å². The van der Waals surface area contributed by atoms with Crippen LogP contribution in [-0.2, 0) is 20.5 Å². The Morgan fingerprint density at radius 3 is 2.23 bits per heavy atom. The summed E-state index contributed by atoms with van der Waals surface area (Å²) in [6.45, 7) is 1.77. The second-order valence-corrected chi connectivity index (χ2v) is 2.85. The highest BCUT2D eigenvalue weighted by Gasteiger charge is 2.11. The van der Waals surface area contributed by atoms with Crippen molar-refractivity contribution in [3.05, 3.63) is 26.5 Å². The molecular formula is C8H12N2O3. The zero-order chi connectivity index (χ0) is 10.2. The van der Waals surface area contributed by atoms with Gasteiger partial charge in [-0.25, -0.2) is 4.79 Å². The molecule has 0 aromatic carbocycles. The Labute approximate surface area is 74.9 Å². The lowest BCUT2D eigenvalue weighted by Crippen LogP contribution is -2.38. The summed E-state index contributed by atoms with van der Waals surface area (Å²) in [5.41, 5.74) is -0.687. The minimum absolute atomic E-state index is 0.341. The van der Waals surface area contributed by atoms with Crippen LogP contribution in [0.2, 0.25) is 0 Å². The maximum Gasteiger partial charge on any atom is 0.330 e. The van der Waals surface area contributed by atoms with Gasteiger partial charge in [-0.3, -0.25) is 13.9 Å². The van der Waals surface area contributed by atoms with E-state index in [4.69, 9.17) is 0 Å². The second kappa shape index (κ2) is 3.08. The summed E-state index contributed by atoms with van der Waals surface area (Å²) in [7, 11) is 2.87. The van der Waals surface area contributed by atoms with Gasteiger partial charge in [0.25, 0.3) is 5.56 Å². The SMILES string of the molecule is CCc1c(O)c(=O)n(C)c(=O)n1C. The van der Waals surface area contributed by atoms with Crippen molar-refractivity contribution in [2.24, 2.45) is 14.1 Å². The summed E-state index contributed by atoms with van der Waals surface area (Å²) in [6.07, 6.45) is 0.452. The molecule has 72 valence electrons. The normalized spacial score (nSPS) is 10.4. The lowest BCUT2D eigenvalue weighted by molar-refractivity contribution is 0.435. The molecule has 0 aliphatic heterocycles. The maximum absolute atomic E-state index is 11.3. The van der Waals surface area contributed by atoms with Crippen molar-refractivity contribution < 1.29 is 5.11 Å². The first-order chi connectivity index (χ1) is 6.00. The number of aromatic hydroxyl groups is 1. The fourth-order valence-electron chi connectivity index (χ4n) is 1.27. The van der Waals surface area contributed by atoms with Gasteiger partial charge in [0.15, 0.2) is 0 Å². The molecule has 1 aromatic rings. The number of hydrogen-bond acceptors (Lipinski definition) is 3. The molecule has 0 amide bonds. The monoisotopic (exact) mass is 184 g/mol. The highest BCUT2D eigenvalue weighted by Crippen LogP contribution is 2.07. The molecule has 0 aliphatic carbocycles. The fraction of sp³-hybridized carbons (Fsp3) is 0.500. The summed E-state index contributed by atoms with van der Waals surface area (Å²) in [6, 6.07) is 0. The van der Waals surface area contributed by atoms with E-state index in [1.165, 1.54) is 18.7 Å². The van der Waals surface area contributed by atoms with Crippen LogP contribution in [0, 0.1) is 0 Å². The molecule has 0 saturated heterocycles. The Morgan fingerprint density at radius 1 is 1.23 bits per heavy atom. The molecule has 0 aliphatic rings. The molecule has 1 N–H and O–H groups in total. The molecule has 0 atom stereocenters. The quantitative estimate of drug-likeness (QED) is 0.631. The molecule has 0 bridgehead atoms. The van der Waals surface area contributed by atoms with E-state index in [1.807, 2.05) is 0 Å². The molecule has 0 radical (unpaired) electrons. The van der Waals surface area contributed by atoms with Gasteiger partial charge >= 0.3 is 5.69 Å². The molecule has 1 heterocycles. The first-order valence-corrected chi connectivity index (χ1v) is 3.98. The number of rotatable bonds is 1. The van der Waals surface area contributed by atoms with Gasteiger partial charge in [0.05, 0.1) is 5.69 Å². The van der Waals surface area contributed by atoms with Crippen LogP contribution < -0.4 is 11.2 Å². The van der Waals surface area contributed by atoms with Crippen molar-refractivity contribution in [3.8, 4) is 5.75 Å². The number of hydrogen-bond donors (Lipinski definition) is 1. The van der Waals surface area contributed by atoms with Gasteiger partial charge in [-0.05, 0) is 6.42 Å². The van der Waals surface area contributed by atoms with E-state index in [-0.39, 0.29) is 5.75 Å². The Balaban J connectivity index is 3.78. The molecule has 0 spiro atoms. The zero-order valence-electron chi connectivity index (χ0n) is 7.87. The summed E-state index contributed by atoms with van der Waals surface area (Å²) in [4.78, 5) is 22.6. The average Bonchev–Trinajstić information content (AvgIpc) is 2.13. The van der Waals surface area contributed by atoms with Crippen molar-refractivity contribution in [2.45, 2.75) is 13.3 Å². The number of aromatic nitrogens is 2. The minimum Gasteiger partial charge on any atom is -0.502 e. The Bertz CT molecular complexity index is 405. The smallest absolute Gasteiger partial charge is 0.330 e. The van der Waals surface area contributed by atoms with Crippen LogP contribution in [0.3, 0.4) is 0 Å². The summed E-state index contributed by atoms with van der Waals surface area (Å²) in [5, 5.41) is 9.39. The van der Waals surface area contributed by atoms with Crippen LogP contribution in [0.15, 0.2) is 9.59 Å². The van der Waals surface area contributed by atoms with Crippen LogP contribution in [0.4, 0.5) is 0 Å². The molecule has 1 aromatic heterocycles. The standard InChI is InChI=1S/C8H12N2O3/c1-4-5-6(11)7(12)10(3)8(13)9(5)2/h11H,4H2,1-3H3. The lowest BCUT2D eigenvalue weighted by atomic mass is 10.3. The molecule has 0 saturated carbocycles. The number of nitrogens with zero attached hydrogens (tertiary/aromatic N) is 2. The van der Waals surface area contributed by atoms with Crippen molar-refractivity contribution in [1.82, 2.24) is 9.13 Å². The topological polar surface area (TPSA) is 64.2 Å². The molecule has 5 nitrogen and oxygen atoms in total. The van der Waals surface area contributed by atoms with Crippen LogP contribution in [-0.4, -0.2) is 14.2 Å². The molecular weight excluding hydrogens is 172 g/mol. The van der Waals surface area contributed by atoms with Crippen molar-refractivity contribution in [1.29, 1.82) is 0 Å². The van der Waals surface area contributed by atoms with Crippen molar-refractivity contribution in [2.75, 3.05) is 0 Å². The highest BCUT2D eigenvalue weighted by molar-refractivity contribution is 5.23. The van der Waals surface area contributed by atoms with E-state index in [1.54, 1.807) is 6.92 Å². The predicted molar refractivity (Wildman–Crippen MR) is 48.0 cm³/mol. The average molecular weight is 184 g/mol. The first kappa shape index (κ1) is 9.57. The lowest BCUT2D eigenvalue weighted by Gasteiger charge is -2.08. The van der Waals surface area contributed by atoms with Gasteiger partial charge in [-0.2, -0.15) is 0 Å². The van der Waals surface area contributed by atoms with Crippen molar-refractivity contribution in [3.63, 3.8) is 0 Å². The molecule has 1 rings (SSSR count). The fourth-order valence-corrected chi connectivity index (χ4v) is 1.27. The third-order valence-electron chi connectivity index (χ3n) is 2.09. The Kier molecular flexibility index (Phi) is 2.27. The van der Waals surface area contributed by atoms with Gasteiger partial charge in [-0.1, -0.05) is 6.92 Å². The van der Waals surface area contributed by atoms with E-state index in [9.17, 15) is 14.7 Å². The van der Waals surface area contributed by atoms with Crippen molar-refractivity contribution >= 4 is 0 Å². The van der Waals surface area contributed by atoms with Crippen LogP contribution in [0.5, 0.6) is 5.75 Å². The van der Waals surface area contributed by atoms with E-state index in [0.717, 1.165) is 4.57 Å². The maximum atomic E-state index is 11.3. The van der Waals surface area contributed by atoms with Gasteiger partial charge in [0, 0.05) is 14.1 Å². The summed E-state index contributed by atoms with van der Waals surface area (Å²) in [5.74, 6) is -0.341. The predicted octanol–water partition coefficient (Wildman–Crippen LogP) is -0.648. The first-order valence-electron chi connectivity index (χ1n) is 3.98. The van der Waals surface area contributed by atoms with Crippen LogP contribution >= 0.6 is 0 Å². The highest BCUT2D eigenvalue weighted by atomic mass is 16.3. The van der Waals surface area contributed by atoms with Crippen LogP contribution in [0.25, 0.3) is 0 Å². The Morgan fingerprint density at radius 2 is 1.77 bits per heavy atom. The van der Waals surface area contributed by atoms with Gasteiger partial charge in [0.1, 0.15) is 0 Å². The molecule has 0 fully saturated rings. The van der Waals surface area contributed by atoms with E-state index in [2.05, 4.69) is 0 Å². The molecule has 5 heteroatoms.